The number of hydrogen-bond acceptors (Lipinski definition) is 1. The summed E-state index contributed by atoms with van der Waals surface area (Å²) in [5.74, 6) is 0. The maximum absolute atomic E-state index is 12.2. The molecule has 0 fully saturated rings. The van der Waals surface area contributed by atoms with Crippen molar-refractivity contribution in [3.05, 3.63) is 63.1 Å². The van der Waals surface area contributed by atoms with E-state index in [0.29, 0.717) is 18.1 Å². The first-order valence-corrected chi connectivity index (χ1v) is 7.38. The maximum Gasteiger partial charge on any atom is 0.322 e. The number of carbonyl (C=O) groups is 1. The van der Waals surface area contributed by atoms with Gasteiger partial charge in [0.15, 0.2) is 0 Å². The van der Waals surface area contributed by atoms with Crippen molar-refractivity contribution in [2.24, 2.45) is 0 Å². The summed E-state index contributed by atoms with van der Waals surface area (Å²) in [6.07, 6.45) is 0. The van der Waals surface area contributed by atoms with Gasteiger partial charge in [0, 0.05) is 28.3 Å². The van der Waals surface area contributed by atoms with E-state index in [4.69, 9.17) is 11.6 Å². The van der Waals surface area contributed by atoms with Crippen molar-refractivity contribution in [3.8, 4) is 0 Å². The first kappa shape index (κ1) is 13.5. The van der Waals surface area contributed by atoms with Crippen molar-refractivity contribution in [2.75, 3.05) is 5.32 Å². The van der Waals surface area contributed by atoms with E-state index in [-0.39, 0.29) is 6.03 Å². The zero-order valence-electron chi connectivity index (χ0n) is 10.6. The smallest absolute Gasteiger partial charge is 0.316 e. The molecule has 20 heavy (non-hydrogen) atoms. The monoisotopic (exact) mass is 350 g/mol. The molecular weight excluding hydrogens is 340 g/mol. The van der Waals surface area contributed by atoms with Gasteiger partial charge < -0.3 is 10.2 Å². The van der Waals surface area contributed by atoms with Crippen LogP contribution in [0.5, 0.6) is 0 Å². The zero-order chi connectivity index (χ0) is 14.1. The highest BCUT2D eigenvalue weighted by Gasteiger charge is 2.24. The normalized spacial score (nSPS) is 13.2. The molecule has 3 nitrogen and oxygen atoms in total. The Hall–Kier alpha value is -1.52. The summed E-state index contributed by atoms with van der Waals surface area (Å²) in [7, 11) is 0. The van der Waals surface area contributed by atoms with E-state index in [0.717, 1.165) is 10.2 Å². The van der Waals surface area contributed by atoms with Gasteiger partial charge >= 0.3 is 6.03 Å². The van der Waals surface area contributed by atoms with Gasteiger partial charge in [-0.05, 0) is 41.5 Å². The minimum atomic E-state index is -0.101. The Morgan fingerprint density at radius 1 is 1.15 bits per heavy atom. The molecule has 0 aliphatic carbocycles. The van der Waals surface area contributed by atoms with Crippen LogP contribution < -0.4 is 5.32 Å². The first-order valence-electron chi connectivity index (χ1n) is 6.21. The number of rotatable bonds is 1. The van der Waals surface area contributed by atoms with E-state index < -0.39 is 0 Å². The molecule has 2 aromatic carbocycles. The van der Waals surface area contributed by atoms with Gasteiger partial charge in [-0.1, -0.05) is 39.7 Å². The van der Waals surface area contributed by atoms with E-state index >= 15 is 0 Å². The molecule has 1 aliphatic heterocycles. The SMILES string of the molecule is O=C(Nc1ccc(Cl)cc1)N1Cc2cccc(Br)c2C1. The summed E-state index contributed by atoms with van der Waals surface area (Å²) in [5.41, 5.74) is 3.11. The van der Waals surface area contributed by atoms with Crippen LogP contribution in [-0.4, -0.2) is 10.9 Å². The van der Waals surface area contributed by atoms with Crippen LogP contribution >= 0.6 is 27.5 Å². The molecule has 0 aromatic heterocycles. The summed E-state index contributed by atoms with van der Waals surface area (Å²) in [5, 5.41) is 3.53. The topological polar surface area (TPSA) is 32.3 Å². The summed E-state index contributed by atoms with van der Waals surface area (Å²) in [6.45, 7) is 1.25. The standard InChI is InChI=1S/C15H12BrClN2O/c16-14-3-1-2-10-8-19(9-13(10)14)15(20)18-12-6-4-11(17)5-7-12/h1-7H,8-9H2,(H,18,20). The number of benzene rings is 2. The fourth-order valence-corrected chi connectivity index (χ4v) is 2.92. The van der Waals surface area contributed by atoms with E-state index in [1.807, 2.05) is 12.1 Å². The third kappa shape index (κ3) is 2.67. The van der Waals surface area contributed by atoms with Gasteiger partial charge in [0.1, 0.15) is 0 Å². The molecule has 102 valence electrons. The van der Waals surface area contributed by atoms with Gasteiger partial charge in [0.05, 0.1) is 0 Å². The number of anilines is 1. The van der Waals surface area contributed by atoms with Crippen molar-refractivity contribution in [3.63, 3.8) is 0 Å². The summed E-state index contributed by atoms with van der Waals surface area (Å²) in [6, 6.07) is 13.0. The number of fused-ring (bicyclic) bond motifs is 1. The lowest BCUT2D eigenvalue weighted by Gasteiger charge is -2.16. The fraction of sp³-hybridized carbons (Fsp3) is 0.133. The molecule has 2 aromatic rings. The highest BCUT2D eigenvalue weighted by molar-refractivity contribution is 9.10. The molecular formula is C15H12BrClN2O. The van der Waals surface area contributed by atoms with Crippen molar-refractivity contribution >= 4 is 39.2 Å². The Morgan fingerprint density at radius 3 is 2.60 bits per heavy atom. The number of amides is 2. The van der Waals surface area contributed by atoms with Gasteiger partial charge in [-0.2, -0.15) is 0 Å². The zero-order valence-corrected chi connectivity index (χ0v) is 12.9. The molecule has 0 saturated heterocycles. The first-order chi connectivity index (χ1) is 9.63. The number of nitrogens with one attached hydrogen (secondary N) is 1. The van der Waals surface area contributed by atoms with Crippen LogP contribution in [0.3, 0.4) is 0 Å². The summed E-state index contributed by atoms with van der Waals surface area (Å²) in [4.78, 5) is 14.0. The number of hydrogen-bond donors (Lipinski definition) is 1. The Balaban J connectivity index is 1.71. The van der Waals surface area contributed by atoms with Gasteiger partial charge in [0.25, 0.3) is 0 Å². The van der Waals surface area contributed by atoms with Crippen molar-refractivity contribution in [1.82, 2.24) is 4.90 Å². The molecule has 0 unspecified atom stereocenters. The van der Waals surface area contributed by atoms with Crippen LogP contribution in [0.4, 0.5) is 10.5 Å². The lowest BCUT2D eigenvalue weighted by molar-refractivity contribution is 0.212. The number of halogens is 2. The number of urea groups is 1. The Morgan fingerprint density at radius 2 is 1.90 bits per heavy atom. The minimum absolute atomic E-state index is 0.101. The van der Waals surface area contributed by atoms with Gasteiger partial charge in [0.2, 0.25) is 0 Å². The minimum Gasteiger partial charge on any atom is -0.316 e. The van der Waals surface area contributed by atoms with Gasteiger partial charge in [-0.25, -0.2) is 4.79 Å². The van der Waals surface area contributed by atoms with Crippen LogP contribution in [0.2, 0.25) is 5.02 Å². The van der Waals surface area contributed by atoms with E-state index in [1.54, 1.807) is 29.2 Å². The molecule has 2 amide bonds. The highest BCUT2D eigenvalue weighted by Crippen LogP contribution is 2.29. The van der Waals surface area contributed by atoms with E-state index in [1.165, 1.54) is 11.1 Å². The predicted molar refractivity (Wildman–Crippen MR) is 83.9 cm³/mol. The lowest BCUT2D eigenvalue weighted by atomic mass is 10.1. The second kappa shape index (κ2) is 5.46. The maximum atomic E-state index is 12.2. The van der Waals surface area contributed by atoms with Gasteiger partial charge in [-0.15, -0.1) is 0 Å². The average molecular weight is 352 g/mol. The number of nitrogens with zero attached hydrogens (tertiary/aromatic N) is 1. The molecule has 3 rings (SSSR count). The van der Waals surface area contributed by atoms with E-state index in [2.05, 4.69) is 27.3 Å². The average Bonchev–Trinajstić information content (AvgIpc) is 2.87. The van der Waals surface area contributed by atoms with Crippen LogP contribution in [0.1, 0.15) is 11.1 Å². The van der Waals surface area contributed by atoms with Crippen LogP contribution in [-0.2, 0) is 13.1 Å². The molecule has 0 atom stereocenters. The molecule has 5 heteroatoms. The third-order valence-electron chi connectivity index (χ3n) is 3.31. The fourth-order valence-electron chi connectivity index (χ4n) is 2.26. The predicted octanol–water partition coefficient (Wildman–Crippen LogP) is 4.65. The summed E-state index contributed by atoms with van der Waals surface area (Å²) < 4.78 is 1.05. The molecule has 0 bridgehead atoms. The molecule has 1 aliphatic rings. The second-order valence-electron chi connectivity index (χ2n) is 4.67. The van der Waals surface area contributed by atoms with Crippen LogP contribution in [0.25, 0.3) is 0 Å². The summed E-state index contributed by atoms with van der Waals surface area (Å²) >= 11 is 9.35. The Labute approximate surface area is 130 Å². The molecule has 0 saturated carbocycles. The van der Waals surface area contributed by atoms with Crippen molar-refractivity contribution in [1.29, 1.82) is 0 Å². The van der Waals surface area contributed by atoms with Crippen LogP contribution in [0.15, 0.2) is 46.9 Å². The van der Waals surface area contributed by atoms with E-state index in [9.17, 15) is 4.79 Å². The number of carbonyl (C=O) groups excluding carboxylic acids is 1. The van der Waals surface area contributed by atoms with Gasteiger partial charge in [-0.3, -0.25) is 0 Å². The molecule has 1 N–H and O–H groups in total. The second-order valence-corrected chi connectivity index (χ2v) is 5.96. The molecule has 1 heterocycles. The molecule has 0 spiro atoms. The largest absolute Gasteiger partial charge is 0.322 e. The Bertz CT molecular complexity index is 657. The third-order valence-corrected chi connectivity index (χ3v) is 4.30. The van der Waals surface area contributed by atoms with Crippen LogP contribution in [0, 0.1) is 0 Å². The van der Waals surface area contributed by atoms with Crippen molar-refractivity contribution < 1.29 is 4.79 Å². The lowest BCUT2D eigenvalue weighted by Crippen LogP contribution is -2.30. The Kier molecular flexibility index (Phi) is 3.68. The molecule has 0 radical (unpaired) electrons. The highest BCUT2D eigenvalue weighted by atomic mass is 79.9. The van der Waals surface area contributed by atoms with Crippen molar-refractivity contribution in [2.45, 2.75) is 13.1 Å². The quantitative estimate of drug-likeness (QED) is 0.797.